The topological polar surface area (TPSA) is 84.1 Å². The molecule has 2 heterocycles. The summed E-state index contributed by atoms with van der Waals surface area (Å²) in [5.41, 5.74) is 0. The fraction of sp³-hybridized carbons (Fsp3) is 0.778. The SMILES string of the molecule is Cn1nnnc1N1CCC(CC(=O)O)CC1. The number of tetrazole rings is 1. The summed E-state index contributed by atoms with van der Waals surface area (Å²) in [6.07, 6.45) is 2.04. The molecule has 1 aliphatic heterocycles. The molecule has 2 rings (SSSR count). The lowest BCUT2D eigenvalue weighted by molar-refractivity contribution is -0.138. The summed E-state index contributed by atoms with van der Waals surface area (Å²) >= 11 is 0. The second-order valence-electron chi connectivity index (χ2n) is 4.13. The first-order chi connectivity index (χ1) is 7.66. The maximum absolute atomic E-state index is 10.6. The van der Waals surface area contributed by atoms with Crippen molar-refractivity contribution in [2.45, 2.75) is 19.3 Å². The van der Waals surface area contributed by atoms with E-state index in [1.165, 1.54) is 0 Å². The van der Waals surface area contributed by atoms with Crippen molar-refractivity contribution >= 4 is 11.9 Å². The largest absolute Gasteiger partial charge is 0.481 e. The monoisotopic (exact) mass is 225 g/mol. The van der Waals surface area contributed by atoms with E-state index in [1.54, 1.807) is 11.7 Å². The Labute approximate surface area is 93.0 Å². The van der Waals surface area contributed by atoms with Crippen LogP contribution in [-0.4, -0.2) is 44.4 Å². The van der Waals surface area contributed by atoms with E-state index < -0.39 is 5.97 Å². The highest BCUT2D eigenvalue weighted by atomic mass is 16.4. The van der Waals surface area contributed by atoms with Gasteiger partial charge in [0, 0.05) is 26.6 Å². The van der Waals surface area contributed by atoms with E-state index in [2.05, 4.69) is 20.4 Å². The Morgan fingerprint density at radius 2 is 2.19 bits per heavy atom. The second kappa shape index (κ2) is 4.46. The number of carbonyl (C=O) groups is 1. The maximum atomic E-state index is 10.6. The molecule has 1 fully saturated rings. The zero-order valence-electron chi connectivity index (χ0n) is 9.20. The fourth-order valence-corrected chi connectivity index (χ4v) is 2.08. The van der Waals surface area contributed by atoms with Crippen LogP contribution in [0.25, 0.3) is 0 Å². The highest BCUT2D eigenvalue weighted by Crippen LogP contribution is 2.22. The summed E-state index contributed by atoms with van der Waals surface area (Å²) in [5.74, 6) is 0.336. The van der Waals surface area contributed by atoms with Crippen LogP contribution in [0.3, 0.4) is 0 Å². The summed E-state index contributed by atoms with van der Waals surface area (Å²) in [6, 6.07) is 0. The lowest BCUT2D eigenvalue weighted by Crippen LogP contribution is -2.36. The normalized spacial score (nSPS) is 17.7. The van der Waals surface area contributed by atoms with E-state index in [-0.39, 0.29) is 12.3 Å². The molecule has 1 aromatic heterocycles. The average molecular weight is 225 g/mol. The standard InChI is InChI=1S/C9H15N5O2/c1-13-9(10-11-12-13)14-4-2-7(3-5-14)6-8(15)16/h7H,2-6H2,1H3,(H,15,16). The Bertz CT molecular complexity index is 370. The van der Waals surface area contributed by atoms with E-state index in [9.17, 15) is 4.79 Å². The average Bonchev–Trinajstić information content (AvgIpc) is 2.65. The molecule has 0 atom stereocenters. The van der Waals surface area contributed by atoms with Crippen molar-refractivity contribution in [3.8, 4) is 0 Å². The van der Waals surface area contributed by atoms with E-state index in [0.29, 0.717) is 0 Å². The number of nitrogens with zero attached hydrogens (tertiary/aromatic N) is 5. The summed E-state index contributed by atoms with van der Waals surface area (Å²) in [5, 5.41) is 20.0. The van der Waals surface area contributed by atoms with Crippen molar-refractivity contribution in [1.82, 2.24) is 20.2 Å². The van der Waals surface area contributed by atoms with Crippen molar-refractivity contribution < 1.29 is 9.90 Å². The van der Waals surface area contributed by atoms with Crippen molar-refractivity contribution in [3.63, 3.8) is 0 Å². The summed E-state index contributed by atoms with van der Waals surface area (Å²) < 4.78 is 1.64. The van der Waals surface area contributed by atoms with Crippen LogP contribution in [0, 0.1) is 5.92 Å². The minimum atomic E-state index is -0.709. The molecular formula is C9H15N5O2. The van der Waals surface area contributed by atoms with Gasteiger partial charge in [-0.1, -0.05) is 5.10 Å². The van der Waals surface area contributed by atoms with Crippen LogP contribution >= 0.6 is 0 Å². The van der Waals surface area contributed by atoms with Crippen LogP contribution in [0.2, 0.25) is 0 Å². The number of carboxylic acid groups (broad SMARTS) is 1. The fourth-order valence-electron chi connectivity index (χ4n) is 2.08. The Balaban J connectivity index is 1.90. The molecule has 7 nitrogen and oxygen atoms in total. The predicted octanol–water partition coefficient (Wildman–Crippen LogP) is -0.0988. The van der Waals surface area contributed by atoms with Crippen LogP contribution in [-0.2, 0) is 11.8 Å². The lowest BCUT2D eigenvalue weighted by atomic mass is 9.94. The second-order valence-corrected chi connectivity index (χ2v) is 4.13. The van der Waals surface area contributed by atoms with Gasteiger partial charge in [-0.05, 0) is 29.2 Å². The third kappa shape index (κ3) is 2.29. The molecule has 1 aliphatic rings. The molecule has 0 amide bonds. The molecule has 0 bridgehead atoms. The predicted molar refractivity (Wildman–Crippen MR) is 56.0 cm³/mol. The van der Waals surface area contributed by atoms with Gasteiger partial charge in [0.25, 0.3) is 0 Å². The summed E-state index contributed by atoms with van der Waals surface area (Å²) in [6.45, 7) is 1.65. The number of aryl methyl sites for hydroxylation is 1. The van der Waals surface area contributed by atoms with Crippen molar-refractivity contribution in [2.24, 2.45) is 13.0 Å². The van der Waals surface area contributed by atoms with Crippen molar-refractivity contribution in [1.29, 1.82) is 0 Å². The zero-order valence-corrected chi connectivity index (χ0v) is 9.20. The van der Waals surface area contributed by atoms with E-state index >= 15 is 0 Å². The van der Waals surface area contributed by atoms with Gasteiger partial charge in [0.2, 0.25) is 5.95 Å². The van der Waals surface area contributed by atoms with Crippen molar-refractivity contribution in [3.05, 3.63) is 0 Å². The molecule has 0 radical (unpaired) electrons. The van der Waals surface area contributed by atoms with Gasteiger partial charge in [-0.15, -0.1) is 0 Å². The molecule has 1 N–H and O–H groups in total. The summed E-state index contributed by atoms with van der Waals surface area (Å²) in [7, 11) is 1.80. The molecule has 1 aromatic rings. The first-order valence-electron chi connectivity index (χ1n) is 5.36. The van der Waals surface area contributed by atoms with Gasteiger partial charge < -0.3 is 10.0 Å². The molecule has 1 saturated heterocycles. The number of hydrogen-bond acceptors (Lipinski definition) is 5. The molecule has 0 unspecified atom stereocenters. The zero-order chi connectivity index (χ0) is 11.5. The van der Waals surface area contributed by atoms with Crippen LogP contribution in [0.1, 0.15) is 19.3 Å². The van der Waals surface area contributed by atoms with Crippen LogP contribution in [0.5, 0.6) is 0 Å². The first-order valence-corrected chi connectivity index (χ1v) is 5.36. The van der Waals surface area contributed by atoms with Gasteiger partial charge in [-0.3, -0.25) is 4.79 Å². The third-order valence-electron chi connectivity index (χ3n) is 2.96. The van der Waals surface area contributed by atoms with E-state index in [4.69, 9.17) is 5.11 Å². The Morgan fingerprint density at radius 3 is 2.69 bits per heavy atom. The molecule has 0 saturated carbocycles. The molecule has 7 heteroatoms. The van der Waals surface area contributed by atoms with Gasteiger partial charge in [0.05, 0.1) is 0 Å². The van der Waals surface area contributed by atoms with E-state index in [1.807, 2.05) is 0 Å². The Hall–Kier alpha value is -1.66. The maximum Gasteiger partial charge on any atom is 0.303 e. The lowest BCUT2D eigenvalue weighted by Gasteiger charge is -2.31. The van der Waals surface area contributed by atoms with Crippen LogP contribution in [0.4, 0.5) is 5.95 Å². The molecule has 0 aromatic carbocycles. The quantitative estimate of drug-likeness (QED) is 0.773. The Kier molecular flexibility index (Phi) is 3.02. The number of aliphatic carboxylic acids is 1. The Morgan fingerprint density at radius 1 is 1.50 bits per heavy atom. The summed E-state index contributed by atoms with van der Waals surface area (Å²) in [4.78, 5) is 12.7. The molecule has 0 aliphatic carbocycles. The van der Waals surface area contributed by atoms with Crippen LogP contribution in [0.15, 0.2) is 0 Å². The molecular weight excluding hydrogens is 210 g/mol. The molecule has 88 valence electrons. The van der Waals surface area contributed by atoms with Gasteiger partial charge in [-0.2, -0.15) is 0 Å². The highest BCUT2D eigenvalue weighted by molar-refractivity contribution is 5.67. The number of piperidine rings is 1. The number of anilines is 1. The van der Waals surface area contributed by atoms with Gasteiger partial charge in [0.1, 0.15) is 0 Å². The third-order valence-corrected chi connectivity index (χ3v) is 2.96. The molecule has 0 spiro atoms. The minimum Gasteiger partial charge on any atom is -0.481 e. The number of hydrogen-bond donors (Lipinski definition) is 1. The van der Waals surface area contributed by atoms with Gasteiger partial charge in [0.15, 0.2) is 0 Å². The van der Waals surface area contributed by atoms with E-state index in [0.717, 1.165) is 31.9 Å². The minimum absolute atomic E-state index is 0.269. The van der Waals surface area contributed by atoms with Crippen LogP contribution < -0.4 is 4.90 Å². The van der Waals surface area contributed by atoms with Gasteiger partial charge in [-0.25, -0.2) is 4.68 Å². The number of carboxylic acids is 1. The smallest absolute Gasteiger partial charge is 0.303 e. The number of rotatable bonds is 3. The highest BCUT2D eigenvalue weighted by Gasteiger charge is 2.23. The van der Waals surface area contributed by atoms with Gasteiger partial charge >= 0.3 is 5.97 Å². The van der Waals surface area contributed by atoms with Crippen molar-refractivity contribution in [2.75, 3.05) is 18.0 Å². The number of aromatic nitrogens is 4. The first kappa shape index (κ1) is 10.8. The molecule has 16 heavy (non-hydrogen) atoms.